The van der Waals surface area contributed by atoms with Crippen molar-refractivity contribution >= 4 is 0 Å². The highest BCUT2D eigenvalue weighted by Gasteiger charge is 2.12. The summed E-state index contributed by atoms with van der Waals surface area (Å²) in [6, 6.07) is 7.98. The average Bonchev–Trinajstić information content (AvgIpc) is 2.34. The second-order valence-corrected chi connectivity index (χ2v) is 4.25. The van der Waals surface area contributed by atoms with Crippen molar-refractivity contribution in [1.29, 1.82) is 0 Å². The van der Waals surface area contributed by atoms with E-state index < -0.39 is 5.75 Å². The van der Waals surface area contributed by atoms with Gasteiger partial charge in [0.05, 0.1) is 0 Å². The summed E-state index contributed by atoms with van der Waals surface area (Å²) in [6.07, 6.45) is 0.271. The van der Waals surface area contributed by atoms with Gasteiger partial charge in [0.2, 0.25) is 5.75 Å². The van der Waals surface area contributed by atoms with Crippen molar-refractivity contribution < 1.29 is 20.4 Å². The molecule has 2 aromatic rings. The van der Waals surface area contributed by atoms with Crippen LogP contribution in [0.3, 0.4) is 0 Å². The Bertz CT molecular complexity index is 591. The van der Waals surface area contributed by atoms with Gasteiger partial charge in [-0.25, -0.2) is 0 Å². The molecule has 18 heavy (non-hydrogen) atoms. The first-order valence-electron chi connectivity index (χ1n) is 5.50. The molecule has 0 saturated heterocycles. The van der Waals surface area contributed by atoms with Gasteiger partial charge in [-0.15, -0.1) is 0 Å². The molecule has 0 radical (unpaired) electrons. The van der Waals surface area contributed by atoms with Gasteiger partial charge in [0.1, 0.15) is 5.75 Å². The van der Waals surface area contributed by atoms with Crippen LogP contribution in [0.5, 0.6) is 23.0 Å². The Morgan fingerprint density at radius 3 is 2.17 bits per heavy atom. The summed E-state index contributed by atoms with van der Waals surface area (Å²) in [5.41, 5.74) is 2.08. The molecule has 0 spiro atoms. The first kappa shape index (κ1) is 12.1. The molecule has 4 N–H and O–H groups in total. The van der Waals surface area contributed by atoms with Gasteiger partial charge in [0.15, 0.2) is 11.5 Å². The van der Waals surface area contributed by atoms with Crippen molar-refractivity contribution in [3.63, 3.8) is 0 Å². The fraction of sp³-hybridized carbons (Fsp3) is 0.143. The van der Waals surface area contributed by atoms with E-state index in [9.17, 15) is 20.4 Å². The van der Waals surface area contributed by atoms with E-state index in [4.69, 9.17) is 0 Å². The summed E-state index contributed by atoms with van der Waals surface area (Å²) in [4.78, 5) is 0. The number of hydrogen-bond acceptors (Lipinski definition) is 4. The zero-order valence-corrected chi connectivity index (χ0v) is 9.88. The van der Waals surface area contributed by atoms with Crippen LogP contribution >= 0.6 is 0 Å². The molecular weight excluding hydrogens is 232 g/mol. The molecule has 0 heterocycles. The number of aryl methyl sites for hydroxylation is 1. The van der Waals surface area contributed by atoms with E-state index >= 15 is 0 Å². The van der Waals surface area contributed by atoms with E-state index in [0.717, 1.165) is 5.56 Å². The Morgan fingerprint density at radius 1 is 0.778 bits per heavy atom. The van der Waals surface area contributed by atoms with Crippen molar-refractivity contribution in [3.05, 3.63) is 47.0 Å². The fourth-order valence-corrected chi connectivity index (χ4v) is 1.81. The smallest absolute Gasteiger partial charge is 0.200 e. The monoisotopic (exact) mass is 246 g/mol. The van der Waals surface area contributed by atoms with Gasteiger partial charge in [-0.3, -0.25) is 0 Å². The third-order valence-electron chi connectivity index (χ3n) is 2.83. The molecule has 0 saturated carbocycles. The number of benzene rings is 2. The second-order valence-electron chi connectivity index (χ2n) is 4.25. The van der Waals surface area contributed by atoms with Gasteiger partial charge < -0.3 is 20.4 Å². The van der Waals surface area contributed by atoms with E-state index in [1.807, 2.05) is 6.92 Å². The maximum atomic E-state index is 9.72. The number of aromatic hydroxyl groups is 4. The number of phenols is 4. The Hall–Kier alpha value is -2.36. The molecular formula is C14H14O4. The van der Waals surface area contributed by atoms with Crippen LogP contribution in [0.25, 0.3) is 0 Å². The first-order chi connectivity index (χ1) is 8.49. The Labute approximate surface area is 104 Å². The Balaban J connectivity index is 2.40. The van der Waals surface area contributed by atoms with Crippen LogP contribution in [0.15, 0.2) is 30.3 Å². The molecule has 0 aliphatic heterocycles. The average molecular weight is 246 g/mol. The summed E-state index contributed by atoms with van der Waals surface area (Å²) in [6.45, 7) is 1.90. The predicted octanol–water partition coefficient (Wildman–Crippen LogP) is 2.41. The highest BCUT2D eigenvalue weighted by Crippen LogP contribution is 2.38. The van der Waals surface area contributed by atoms with Crippen LogP contribution < -0.4 is 0 Å². The van der Waals surface area contributed by atoms with E-state index in [1.54, 1.807) is 18.2 Å². The lowest BCUT2D eigenvalue weighted by atomic mass is 10.0. The lowest BCUT2D eigenvalue weighted by molar-refractivity contribution is 0.365. The molecule has 0 fully saturated rings. The van der Waals surface area contributed by atoms with Crippen molar-refractivity contribution in [2.24, 2.45) is 0 Å². The maximum absolute atomic E-state index is 9.72. The minimum atomic E-state index is -0.542. The molecule has 0 atom stereocenters. The van der Waals surface area contributed by atoms with E-state index in [2.05, 4.69) is 0 Å². The van der Waals surface area contributed by atoms with Crippen LogP contribution in [0.4, 0.5) is 0 Å². The molecule has 0 bridgehead atoms. The molecule has 2 aromatic carbocycles. The van der Waals surface area contributed by atoms with Crippen molar-refractivity contribution in [2.75, 3.05) is 0 Å². The molecule has 2 rings (SSSR count). The summed E-state index contributed by atoms with van der Waals surface area (Å²) in [5.74, 6) is -1.15. The van der Waals surface area contributed by atoms with Gasteiger partial charge >= 0.3 is 0 Å². The highest BCUT2D eigenvalue weighted by atomic mass is 16.3. The van der Waals surface area contributed by atoms with Crippen molar-refractivity contribution in [1.82, 2.24) is 0 Å². The van der Waals surface area contributed by atoms with Gasteiger partial charge in [-0.2, -0.15) is 0 Å². The Kier molecular flexibility index (Phi) is 3.02. The van der Waals surface area contributed by atoms with Gasteiger partial charge in [-0.1, -0.05) is 23.8 Å². The molecule has 0 unspecified atom stereocenters. The molecule has 0 aliphatic carbocycles. The third-order valence-corrected chi connectivity index (χ3v) is 2.83. The largest absolute Gasteiger partial charge is 0.508 e. The number of hydrogen-bond donors (Lipinski definition) is 4. The zero-order chi connectivity index (χ0) is 13.3. The molecule has 94 valence electrons. The molecule has 4 heteroatoms. The van der Waals surface area contributed by atoms with Crippen molar-refractivity contribution in [3.8, 4) is 23.0 Å². The summed E-state index contributed by atoms with van der Waals surface area (Å²) in [5, 5.41) is 38.1. The SMILES string of the molecule is Cc1ccc(O)c(Cc2ccc(O)c(O)c2O)c1. The van der Waals surface area contributed by atoms with Crippen LogP contribution in [-0.2, 0) is 6.42 Å². The number of rotatable bonds is 2. The topological polar surface area (TPSA) is 80.9 Å². The van der Waals surface area contributed by atoms with Gasteiger partial charge in [-0.05, 0) is 24.6 Å². The van der Waals surface area contributed by atoms with Crippen LogP contribution in [0.1, 0.15) is 16.7 Å². The second kappa shape index (κ2) is 4.49. The summed E-state index contributed by atoms with van der Waals surface area (Å²) < 4.78 is 0. The summed E-state index contributed by atoms with van der Waals surface area (Å²) >= 11 is 0. The normalized spacial score (nSPS) is 10.5. The van der Waals surface area contributed by atoms with Crippen molar-refractivity contribution in [2.45, 2.75) is 13.3 Å². The Morgan fingerprint density at radius 2 is 1.44 bits per heavy atom. The lowest BCUT2D eigenvalue weighted by Gasteiger charge is -2.09. The molecule has 4 nitrogen and oxygen atoms in total. The minimum Gasteiger partial charge on any atom is -0.508 e. The zero-order valence-electron chi connectivity index (χ0n) is 9.88. The molecule has 0 aromatic heterocycles. The van der Waals surface area contributed by atoms with Crippen LogP contribution in [-0.4, -0.2) is 20.4 Å². The highest BCUT2D eigenvalue weighted by molar-refractivity contribution is 5.55. The number of phenolic OH excluding ortho intramolecular Hbond substituents is 4. The maximum Gasteiger partial charge on any atom is 0.200 e. The lowest BCUT2D eigenvalue weighted by Crippen LogP contribution is -1.91. The van der Waals surface area contributed by atoms with Gasteiger partial charge in [0, 0.05) is 12.0 Å². The summed E-state index contributed by atoms with van der Waals surface area (Å²) in [7, 11) is 0. The standard InChI is InChI=1S/C14H14O4/c1-8-2-4-11(15)10(6-8)7-9-3-5-12(16)14(18)13(9)17/h2-6,15-18H,7H2,1H3. The molecule has 0 amide bonds. The van der Waals surface area contributed by atoms with E-state index in [0.29, 0.717) is 11.1 Å². The predicted molar refractivity (Wildman–Crippen MR) is 67.1 cm³/mol. The minimum absolute atomic E-state index is 0.132. The van der Waals surface area contributed by atoms with E-state index in [-0.39, 0.29) is 23.7 Å². The first-order valence-corrected chi connectivity index (χ1v) is 5.50. The third kappa shape index (κ3) is 2.18. The van der Waals surface area contributed by atoms with Crippen LogP contribution in [0, 0.1) is 6.92 Å². The molecule has 0 aliphatic rings. The van der Waals surface area contributed by atoms with E-state index in [1.165, 1.54) is 12.1 Å². The van der Waals surface area contributed by atoms with Crippen LogP contribution in [0.2, 0.25) is 0 Å². The fourth-order valence-electron chi connectivity index (χ4n) is 1.81. The quantitative estimate of drug-likeness (QED) is 0.613. The van der Waals surface area contributed by atoms with Gasteiger partial charge in [0.25, 0.3) is 0 Å².